The molecule has 0 atom stereocenters. The quantitative estimate of drug-likeness (QED) is 0.687. The molecular formula is C16H10ClFN2O. The van der Waals surface area contributed by atoms with Crippen LogP contribution in [-0.4, -0.2) is 5.91 Å². The maximum atomic E-state index is 13.7. The maximum absolute atomic E-state index is 13.7. The second-order valence-electron chi connectivity index (χ2n) is 4.13. The van der Waals surface area contributed by atoms with Crippen LogP contribution < -0.4 is 5.32 Å². The van der Waals surface area contributed by atoms with E-state index in [0.29, 0.717) is 5.69 Å². The summed E-state index contributed by atoms with van der Waals surface area (Å²) >= 11 is 5.87. The van der Waals surface area contributed by atoms with Crippen LogP contribution in [0.4, 0.5) is 10.1 Å². The molecule has 5 heteroatoms. The van der Waals surface area contributed by atoms with Crippen molar-refractivity contribution in [3.63, 3.8) is 0 Å². The summed E-state index contributed by atoms with van der Waals surface area (Å²) in [5.41, 5.74) is 0.327. The first kappa shape index (κ1) is 14.8. The van der Waals surface area contributed by atoms with E-state index in [4.69, 9.17) is 16.9 Å². The summed E-state index contributed by atoms with van der Waals surface area (Å²) in [5.74, 6) is -1.22. The second kappa shape index (κ2) is 6.69. The van der Waals surface area contributed by atoms with Gasteiger partial charge in [0.15, 0.2) is 0 Å². The van der Waals surface area contributed by atoms with E-state index in [1.807, 2.05) is 0 Å². The van der Waals surface area contributed by atoms with Crippen LogP contribution in [0.3, 0.4) is 0 Å². The van der Waals surface area contributed by atoms with Crippen LogP contribution in [0.2, 0.25) is 5.02 Å². The van der Waals surface area contributed by atoms with E-state index in [2.05, 4.69) is 5.32 Å². The molecular weight excluding hydrogens is 291 g/mol. The van der Waals surface area contributed by atoms with Gasteiger partial charge in [0.25, 0.3) is 5.91 Å². The first-order valence-corrected chi connectivity index (χ1v) is 6.42. The van der Waals surface area contributed by atoms with Crippen LogP contribution in [0.1, 0.15) is 5.56 Å². The Kier molecular flexibility index (Phi) is 4.70. The lowest BCUT2D eigenvalue weighted by Crippen LogP contribution is -2.13. The minimum absolute atomic E-state index is 0.0129. The van der Waals surface area contributed by atoms with Crippen molar-refractivity contribution in [1.82, 2.24) is 0 Å². The molecule has 0 saturated carbocycles. The van der Waals surface area contributed by atoms with Crippen molar-refractivity contribution in [2.45, 2.75) is 0 Å². The van der Waals surface area contributed by atoms with Crippen LogP contribution in [0.5, 0.6) is 0 Å². The molecule has 0 spiro atoms. The van der Waals surface area contributed by atoms with E-state index in [1.165, 1.54) is 18.2 Å². The van der Waals surface area contributed by atoms with E-state index >= 15 is 0 Å². The number of nitriles is 1. The van der Waals surface area contributed by atoms with Crippen molar-refractivity contribution < 1.29 is 9.18 Å². The molecule has 2 rings (SSSR count). The van der Waals surface area contributed by atoms with Gasteiger partial charge >= 0.3 is 0 Å². The Morgan fingerprint density at radius 2 is 1.90 bits per heavy atom. The highest BCUT2D eigenvalue weighted by molar-refractivity contribution is 6.32. The molecule has 0 bridgehead atoms. The topological polar surface area (TPSA) is 52.9 Å². The number of para-hydroxylation sites is 1. The standard InChI is InChI=1S/C16H10ClFN2O/c17-14-7-4-8-15(18)13(14)9-11(10-19)16(21)20-12-5-2-1-3-6-12/h1-9H,(H,20,21)/b11-9-. The molecule has 0 aliphatic carbocycles. The van der Waals surface area contributed by atoms with E-state index in [1.54, 1.807) is 36.4 Å². The Morgan fingerprint density at radius 1 is 1.19 bits per heavy atom. The zero-order valence-electron chi connectivity index (χ0n) is 10.8. The number of hydrogen-bond donors (Lipinski definition) is 1. The van der Waals surface area contributed by atoms with Gasteiger partial charge in [-0.15, -0.1) is 0 Å². The van der Waals surface area contributed by atoms with Crippen LogP contribution >= 0.6 is 11.6 Å². The summed E-state index contributed by atoms with van der Waals surface area (Å²) < 4.78 is 13.7. The number of amides is 1. The number of nitrogens with one attached hydrogen (secondary N) is 1. The van der Waals surface area contributed by atoms with Gasteiger partial charge in [0.2, 0.25) is 0 Å². The van der Waals surface area contributed by atoms with Crippen molar-refractivity contribution >= 4 is 29.3 Å². The van der Waals surface area contributed by atoms with E-state index < -0.39 is 11.7 Å². The Morgan fingerprint density at radius 3 is 2.52 bits per heavy atom. The molecule has 1 amide bonds. The monoisotopic (exact) mass is 300 g/mol. The fourth-order valence-corrected chi connectivity index (χ4v) is 1.88. The molecule has 0 fully saturated rings. The lowest BCUT2D eigenvalue weighted by Gasteiger charge is -2.05. The predicted octanol–water partition coefficient (Wildman–Crippen LogP) is 4.02. The highest BCUT2D eigenvalue weighted by Crippen LogP contribution is 2.22. The highest BCUT2D eigenvalue weighted by atomic mass is 35.5. The zero-order valence-corrected chi connectivity index (χ0v) is 11.6. The predicted molar refractivity (Wildman–Crippen MR) is 80.1 cm³/mol. The Balaban J connectivity index is 2.30. The fourth-order valence-electron chi connectivity index (χ4n) is 1.66. The molecule has 2 aromatic carbocycles. The number of hydrogen-bond acceptors (Lipinski definition) is 2. The number of nitrogens with zero attached hydrogens (tertiary/aromatic N) is 1. The van der Waals surface area contributed by atoms with Gasteiger partial charge in [0.1, 0.15) is 17.5 Å². The number of halogens is 2. The average Bonchev–Trinajstić information content (AvgIpc) is 2.48. The smallest absolute Gasteiger partial charge is 0.266 e. The van der Waals surface area contributed by atoms with Crippen molar-refractivity contribution in [3.05, 3.63) is 70.5 Å². The average molecular weight is 301 g/mol. The van der Waals surface area contributed by atoms with Gasteiger partial charge in [-0.3, -0.25) is 4.79 Å². The van der Waals surface area contributed by atoms with Gasteiger partial charge in [-0.2, -0.15) is 5.26 Å². The summed E-state index contributed by atoms with van der Waals surface area (Å²) in [7, 11) is 0. The molecule has 21 heavy (non-hydrogen) atoms. The van der Waals surface area contributed by atoms with Crippen LogP contribution in [0.15, 0.2) is 54.1 Å². The maximum Gasteiger partial charge on any atom is 0.266 e. The van der Waals surface area contributed by atoms with E-state index in [-0.39, 0.29) is 16.2 Å². The molecule has 104 valence electrons. The highest BCUT2D eigenvalue weighted by Gasteiger charge is 2.12. The van der Waals surface area contributed by atoms with Crippen molar-refractivity contribution in [3.8, 4) is 6.07 Å². The first-order chi connectivity index (χ1) is 10.1. The van der Waals surface area contributed by atoms with Crippen LogP contribution in [-0.2, 0) is 4.79 Å². The number of anilines is 1. The molecule has 0 radical (unpaired) electrons. The zero-order chi connectivity index (χ0) is 15.2. The summed E-state index contributed by atoms with van der Waals surface area (Å²) in [5, 5.41) is 11.8. The third kappa shape index (κ3) is 3.68. The van der Waals surface area contributed by atoms with E-state index in [9.17, 15) is 9.18 Å². The molecule has 0 aromatic heterocycles. The first-order valence-electron chi connectivity index (χ1n) is 6.04. The summed E-state index contributed by atoms with van der Waals surface area (Å²) in [4.78, 5) is 12.0. The third-order valence-corrected chi connectivity index (χ3v) is 3.01. The summed E-state index contributed by atoms with van der Waals surface area (Å²) in [6.07, 6.45) is 1.13. The SMILES string of the molecule is N#C/C(=C/c1c(F)cccc1Cl)C(=O)Nc1ccccc1. The van der Waals surface area contributed by atoms with Gasteiger partial charge in [-0.05, 0) is 30.3 Å². The van der Waals surface area contributed by atoms with Gasteiger partial charge < -0.3 is 5.32 Å². The van der Waals surface area contributed by atoms with Crippen LogP contribution in [0, 0.1) is 17.1 Å². The van der Waals surface area contributed by atoms with Crippen molar-refractivity contribution in [2.24, 2.45) is 0 Å². The van der Waals surface area contributed by atoms with Gasteiger partial charge in [0, 0.05) is 11.3 Å². The minimum Gasteiger partial charge on any atom is -0.321 e. The number of carbonyl (C=O) groups is 1. The molecule has 0 aliphatic heterocycles. The molecule has 3 nitrogen and oxygen atoms in total. The normalized spacial score (nSPS) is 10.8. The molecule has 2 aromatic rings. The third-order valence-electron chi connectivity index (χ3n) is 2.69. The largest absolute Gasteiger partial charge is 0.321 e. The Bertz CT molecular complexity index is 715. The lowest BCUT2D eigenvalue weighted by molar-refractivity contribution is -0.112. The van der Waals surface area contributed by atoms with Gasteiger partial charge in [0.05, 0.1) is 5.02 Å². The number of rotatable bonds is 3. The molecule has 0 heterocycles. The second-order valence-corrected chi connectivity index (χ2v) is 4.53. The minimum atomic E-state index is -0.622. The lowest BCUT2D eigenvalue weighted by atomic mass is 10.1. The van der Waals surface area contributed by atoms with Crippen molar-refractivity contribution in [1.29, 1.82) is 5.26 Å². The molecule has 0 aliphatic rings. The number of carbonyl (C=O) groups excluding carboxylic acids is 1. The van der Waals surface area contributed by atoms with Gasteiger partial charge in [-0.25, -0.2) is 4.39 Å². The molecule has 0 saturated heterocycles. The van der Waals surface area contributed by atoms with Gasteiger partial charge in [-0.1, -0.05) is 35.9 Å². The van der Waals surface area contributed by atoms with Crippen molar-refractivity contribution in [2.75, 3.05) is 5.32 Å². The molecule has 0 unspecified atom stereocenters. The number of benzene rings is 2. The van der Waals surface area contributed by atoms with E-state index in [0.717, 1.165) is 6.08 Å². The summed E-state index contributed by atoms with van der Waals surface area (Å²) in [6.45, 7) is 0. The molecule has 1 N–H and O–H groups in total. The fraction of sp³-hybridized carbons (Fsp3) is 0. The Labute approximate surface area is 126 Å². The Hall–Kier alpha value is -2.64. The summed E-state index contributed by atoms with van der Waals surface area (Å²) in [6, 6.07) is 14.6. The van der Waals surface area contributed by atoms with Crippen LogP contribution in [0.25, 0.3) is 6.08 Å².